The molecule has 0 saturated heterocycles. The molecule has 0 aliphatic heterocycles. The number of rotatable bonds is 3. The Kier molecular flexibility index (Phi) is 4.01. The summed E-state index contributed by atoms with van der Waals surface area (Å²) in [7, 11) is 0. The number of aryl methyl sites for hydroxylation is 1. The van der Waals surface area contributed by atoms with E-state index in [1.165, 1.54) is 6.20 Å². The van der Waals surface area contributed by atoms with Crippen LogP contribution in [0.2, 0.25) is 5.02 Å². The maximum absolute atomic E-state index is 11.1. The highest BCUT2D eigenvalue weighted by Crippen LogP contribution is 2.32. The third-order valence-corrected chi connectivity index (χ3v) is 2.99. The number of carbonyl (C=O) groups is 1. The zero-order chi connectivity index (χ0) is 14.0. The zero-order valence-corrected chi connectivity index (χ0v) is 12.1. The van der Waals surface area contributed by atoms with Gasteiger partial charge in [-0.05, 0) is 25.1 Å². The number of hydrogen-bond acceptors (Lipinski definition) is 4. The van der Waals surface area contributed by atoms with Gasteiger partial charge in [-0.25, -0.2) is 9.78 Å². The number of carboxylic acids is 1. The summed E-state index contributed by atoms with van der Waals surface area (Å²) >= 11 is 9.28. The molecule has 0 fully saturated rings. The van der Waals surface area contributed by atoms with E-state index in [9.17, 15) is 4.79 Å². The second kappa shape index (κ2) is 5.54. The van der Waals surface area contributed by atoms with Crippen LogP contribution in [0.5, 0.6) is 11.6 Å². The van der Waals surface area contributed by atoms with Crippen LogP contribution in [0.25, 0.3) is 0 Å². The second-order valence-corrected chi connectivity index (χ2v) is 4.94. The summed E-state index contributed by atoms with van der Waals surface area (Å²) in [6.07, 6.45) is 1.20. The van der Waals surface area contributed by atoms with E-state index in [2.05, 4.69) is 25.9 Å². The Morgan fingerprint density at radius 2 is 2.21 bits per heavy atom. The molecule has 1 aromatic carbocycles. The average Bonchev–Trinajstić information content (AvgIpc) is 2.32. The molecular weight excluding hydrogens is 335 g/mol. The van der Waals surface area contributed by atoms with Crippen molar-refractivity contribution in [1.82, 2.24) is 9.97 Å². The first-order valence-electron chi connectivity index (χ1n) is 5.17. The topological polar surface area (TPSA) is 72.3 Å². The number of nitrogens with zero attached hydrogens (tertiary/aromatic N) is 2. The van der Waals surface area contributed by atoms with Gasteiger partial charge in [-0.15, -0.1) is 0 Å². The number of carboxylic acid groups (broad SMARTS) is 1. The van der Waals surface area contributed by atoms with Crippen LogP contribution >= 0.6 is 27.5 Å². The molecule has 0 saturated carbocycles. The number of aromatic nitrogens is 2. The van der Waals surface area contributed by atoms with Crippen LogP contribution in [0.4, 0.5) is 0 Å². The first-order valence-corrected chi connectivity index (χ1v) is 6.34. The summed E-state index contributed by atoms with van der Waals surface area (Å²) < 4.78 is 6.25. The van der Waals surface area contributed by atoms with E-state index in [1.807, 2.05) is 0 Å². The number of ether oxygens (including phenoxy) is 1. The van der Waals surface area contributed by atoms with Crippen LogP contribution in [-0.2, 0) is 0 Å². The highest BCUT2D eigenvalue weighted by atomic mass is 79.9. The molecule has 0 aliphatic rings. The summed E-state index contributed by atoms with van der Waals surface area (Å²) in [5, 5.41) is 9.40. The number of halogens is 2. The van der Waals surface area contributed by atoms with Crippen molar-refractivity contribution in [1.29, 1.82) is 0 Å². The molecular formula is C12H8BrClN2O3. The van der Waals surface area contributed by atoms with E-state index in [0.717, 1.165) is 4.47 Å². The lowest BCUT2D eigenvalue weighted by molar-refractivity contribution is 0.0693. The van der Waals surface area contributed by atoms with Crippen molar-refractivity contribution in [3.63, 3.8) is 0 Å². The standard InChI is InChI=1S/C12H8BrClN2O3/c1-6-15-5-8(12(17)18)11(16-6)19-10-3-2-7(13)4-9(10)14/h2-5H,1H3,(H,17,18). The first-order chi connectivity index (χ1) is 8.97. The van der Waals surface area contributed by atoms with Crippen LogP contribution in [0.3, 0.4) is 0 Å². The normalized spacial score (nSPS) is 10.3. The van der Waals surface area contributed by atoms with Crippen LogP contribution in [-0.4, -0.2) is 21.0 Å². The van der Waals surface area contributed by atoms with Gasteiger partial charge in [0.2, 0.25) is 5.88 Å². The fraction of sp³-hybridized carbons (Fsp3) is 0.0833. The van der Waals surface area contributed by atoms with Crippen LogP contribution in [0.1, 0.15) is 16.2 Å². The van der Waals surface area contributed by atoms with E-state index in [0.29, 0.717) is 16.6 Å². The van der Waals surface area contributed by atoms with Gasteiger partial charge in [0.05, 0.1) is 5.02 Å². The van der Waals surface area contributed by atoms with Crippen molar-refractivity contribution in [3.8, 4) is 11.6 Å². The molecule has 0 spiro atoms. The Morgan fingerprint density at radius 3 is 2.84 bits per heavy atom. The Morgan fingerprint density at radius 1 is 1.47 bits per heavy atom. The molecule has 2 aromatic rings. The summed E-state index contributed by atoms with van der Waals surface area (Å²) in [5.41, 5.74) is -0.121. The lowest BCUT2D eigenvalue weighted by Gasteiger charge is -2.09. The van der Waals surface area contributed by atoms with Gasteiger partial charge in [0.25, 0.3) is 0 Å². The van der Waals surface area contributed by atoms with Crippen molar-refractivity contribution < 1.29 is 14.6 Å². The Labute approximate surface area is 122 Å². The van der Waals surface area contributed by atoms with Crippen molar-refractivity contribution in [3.05, 3.63) is 45.3 Å². The van der Waals surface area contributed by atoms with Crippen LogP contribution in [0.15, 0.2) is 28.9 Å². The predicted molar refractivity (Wildman–Crippen MR) is 73.0 cm³/mol. The Bertz CT molecular complexity index is 649. The largest absolute Gasteiger partial charge is 0.477 e. The molecule has 5 nitrogen and oxygen atoms in total. The van der Waals surface area contributed by atoms with Gasteiger partial charge in [-0.2, -0.15) is 4.98 Å². The summed E-state index contributed by atoms with van der Waals surface area (Å²) in [6.45, 7) is 1.64. The number of aromatic carboxylic acids is 1. The summed E-state index contributed by atoms with van der Waals surface area (Å²) in [6, 6.07) is 5.00. The molecule has 0 unspecified atom stereocenters. The van der Waals surface area contributed by atoms with Crippen molar-refractivity contribution in [2.24, 2.45) is 0 Å². The van der Waals surface area contributed by atoms with Gasteiger partial charge in [-0.1, -0.05) is 27.5 Å². The summed E-state index contributed by atoms with van der Waals surface area (Å²) in [4.78, 5) is 18.9. The van der Waals surface area contributed by atoms with Crippen LogP contribution in [0, 0.1) is 6.92 Å². The summed E-state index contributed by atoms with van der Waals surface area (Å²) in [5.74, 6) is -0.467. The number of hydrogen-bond donors (Lipinski definition) is 1. The minimum Gasteiger partial charge on any atom is -0.477 e. The third kappa shape index (κ3) is 3.21. The molecule has 0 aliphatic carbocycles. The molecule has 1 heterocycles. The maximum atomic E-state index is 11.1. The molecule has 7 heteroatoms. The van der Waals surface area contributed by atoms with Gasteiger partial charge in [0.1, 0.15) is 17.1 Å². The molecule has 2 rings (SSSR count). The minimum atomic E-state index is -1.16. The molecule has 0 radical (unpaired) electrons. The number of benzene rings is 1. The van der Waals surface area contributed by atoms with E-state index >= 15 is 0 Å². The zero-order valence-electron chi connectivity index (χ0n) is 9.72. The quantitative estimate of drug-likeness (QED) is 0.920. The monoisotopic (exact) mass is 342 g/mol. The molecule has 1 N–H and O–H groups in total. The van der Waals surface area contributed by atoms with Crippen molar-refractivity contribution in [2.75, 3.05) is 0 Å². The fourth-order valence-corrected chi connectivity index (χ4v) is 2.05. The smallest absolute Gasteiger partial charge is 0.342 e. The second-order valence-electron chi connectivity index (χ2n) is 3.62. The SMILES string of the molecule is Cc1ncc(C(=O)O)c(Oc2ccc(Br)cc2Cl)n1. The molecule has 0 bridgehead atoms. The highest BCUT2D eigenvalue weighted by molar-refractivity contribution is 9.10. The lowest BCUT2D eigenvalue weighted by Crippen LogP contribution is -2.04. The molecule has 0 atom stereocenters. The van der Waals surface area contributed by atoms with Gasteiger partial charge in [-0.3, -0.25) is 0 Å². The van der Waals surface area contributed by atoms with Gasteiger partial charge < -0.3 is 9.84 Å². The van der Waals surface area contributed by atoms with E-state index in [4.69, 9.17) is 21.4 Å². The lowest BCUT2D eigenvalue weighted by atomic mass is 10.3. The first kappa shape index (κ1) is 13.8. The van der Waals surface area contributed by atoms with Crippen molar-refractivity contribution in [2.45, 2.75) is 6.92 Å². The van der Waals surface area contributed by atoms with E-state index in [1.54, 1.807) is 25.1 Å². The van der Waals surface area contributed by atoms with E-state index < -0.39 is 5.97 Å². The molecule has 0 amide bonds. The van der Waals surface area contributed by atoms with E-state index in [-0.39, 0.29) is 11.4 Å². The molecule has 98 valence electrons. The highest BCUT2D eigenvalue weighted by Gasteiger charge is 2.16. The Hall–Kier alpha value is -1.66. The van der Waals surface area contributed by atoms with Gasteiger partial charge in [0, 0.05) is 10.7 Å². The van der Waals surface area contributed by atoms with Crippen molar-refractivity contribution >= 4 is 33.5 Å². The average molecular weight is 344 g/mol. The molecule has 1 aromatic heterocycles. The predicted octanol–water partition coefficient (Wildman–Crippen LogP) is 3.69. The maximum Gasteiger partial charge on any atom is 0.342 e. The van der Waals surface area contributed by atoms with Gasteiger partial charge >= 0.3 is 5.97 Å². The Balaban J connectivity index is 2.42. The fourth-order valence-electron chi connectivity index (χ4n) is 1.34. The third-order valence-electron chi connectivity index (χ3n) is 2.21. The van der Waals surface area contributed by atoms with Gasteiger partial charge in [0.15, 0.2) is 0 Å². The van der Waals surface area contributed by atoms with Crippen LogP contribution < -0.4 is 4.74 Å². The molecule has 19 heavy (non-hydrogen) atoms. The minimum absolute atomic E-state index is 0.0378.